The van der Waals surface area contributed by atoms with E-state index in [9.17, 15) is 4.79 Å². The summed E-state index contributed by atoms with van der Waals surface area (Å²) >= 11 is 0. The van der Waals surface area contributed by atoms with Gasteiger partial charge in [0.05, 0.1) is 0 Å². The molecule has 18 heavy (non-hydrogen) atoms. The summed E-state index contributed by atoms with van der Waals surface area (Å²) in [5.74, 6) is -1.08. The average Bonchev–Trinajstić information content (AvgIpc) is 2.71. The first kappa shape index (κ1) is 12.4. The standard InChI is InChI=1S/C14H15NO3/c1-9(2)7-15-8-10-3-4-12-11(5-10)6-13(18-12)14(16)17/h3-6,15H,1,7-8H2,2H3,(H,16,17). The Morgan fingerprint density at radius 2 is 2.22 bits per heavy atom. The van der Waals surface area contributed by atoms with Crippen LogP contribution in [0.1, 0.15) is 23.0 Å². The molecule has 0 aliphatic heterocycles. The van der Waals surface area contributed by atoms with Crippen LogP contribution in [0.2, 0.25) is 0 Å². The van der Waals surface area contributed by atoms with E-state index in [0.29, 0.717) is 5.58 Å². The monoisotopic (exact) mass is 245 g/mol. The number of carbonyl (C=O) groups is 1. The van der Waals surface area contributed by atoms with E-state index in [0.717, 1.165) is 29.6 Å². The van der Waals surface area contributed by atoms with Crippen molar-refractivity contribution < 1.29 is 14.3 Å². The van der Waals surface area contributed by atoms with Crippen molar-refractivity contribution in [1.29, 1.82) is 0 Å². The van der Waals surface area contributed by atoms with Crippen molar-refractivity contribution in [3.8, 4) is 0 Å². The summed E-state index contributed by atoms with van der Waals surface area (Å²) in [4.78, 5) is 10.8. The van der Waals surface area contributed by atoms with Gasteiger partial charge in [0, 0.05) is 18.5 Å². The number of carboxylic acids is 1. The van der Waals surface area contributed by atoms with Crippen molar-refractivity contribution in [3.63, 3.8) is 0 Å². The first-order valence-corrected chi connectivity index (χ1v) is 5.67. The molecule has 0 amide bonds. The van der Waals surface area contributed by atoms with Gasteiger partial charge in [-0.3, -0.25) is 0 Å². The van der Waals surface area contributed by atoms with Gasteiger partial charge < -0.3 is 14.8 Å². The number of furan rings is 1. The number of carboxylic acid groups (broad SMARTS) is 1. The molecule has 2 N–H and O–H groups in total. The topological polar surface area (TPSA) is 62.5 Å². The second kappa shape index (κ2) is 5.06. The molecule has 2 aromatic rings. The summed E-state index contributed by atoms with van der Waals surface area (Å²) in [5, 5.41) is 12.9. The number of nitrogens with one attached hydrogen (secondary N) is 1. The van der Waals surface area contributed by atoms with E-state index in [-0.39, 0.29) is 5.76 Å². The normalized spacial score (nSPS) is 10.7. The molecule has 0 spiro atoms. The zero-order valence-corrected chi connectivity index (χ0v) is 10.2. The summed E-state index contributed by atoms with van der Waals surface area (Å²) < 4.78 is 5.19. The summed E-state index contributed by atoms with van der Waals surface area (Å²) in [7, 11) is 0. The van der Waals surface area contributed by atoms with Crippen molar-refractivity contribution in [2.45, 2.75) is 13.5 Å². The molecule has 0 bridgehead atoms. The summed E-state index contributed by atoms with van der Waals surface area (Å²) in [6, 6.07) is 7.18. The van der Waals surface area contributed by atoms with E-state index in [1.54, 1.807) is 12.1 Å². The van der Waals surface area contributed by atoms with Gasteiger partial charge in [-0.1, -0.05) is 18.2 Å². The van der Waals surface area contributed by atoms with Gasteiger partial charge in [0.15, 0.2) is 0 Å². The largest absolute Gasteiger partial charge is 0.475 e. The van der Waals surface area contributed by atoms with Crippen LogP contribution < -0.4 is 5.32 Å². The van der Waals surface area contributed by atoms with Gasteiger partial charge in [-0.25, -0.2) is 4.79 Å². The van der Waals surface area contributed by atoms with Crippen molar-refractivity contribution >= 4 is 16.9 Å². The quantitative estimate of drug-likeness (QED) is 0.795. The fourth-order valence-corrected chi connectivity index (χ4v) is 1.73. The average molecular weight is 245 g/mol. The Hall–Kier alpha value is -2.07. The molecule has 0 fully saturated rings. The van der Waals surface area contributed by atoms with Gasteiger partial charge in [-0.2, -0.15) is 0 Å². The number of rotatable bonds is 5. The molecule has 1 heterocycles. The van der Waals surface area contributed by atoms with E-state index in [2.05, 4.69) is 11.9 Å². The van der Waals surface area contributed by atoms with Gasteiger partial charge in [-0.05, 0) is 30.7 Å². The SMILES string of the molecule is C=C(C)CNCc1ccc2oc(C(=O)O)cc2c1. The molecule has 4 heteroatoms. The third kappa shape index (κ3) is 2.78. The first-order chi connectivity index (χ1) is 8.56. The smallest absolute Gasteiger partial charge is 0.371 e. The molecule has 0 aliphatic carbocycles. The Morgan fingerprint density at radius 3 is 2.89 bits per heavy atom. The molecule has 1 aromatic carbocycles. The van der Waals surface area contributed by atoms with Crippen LogP contribution in [0.15, 0.2) is 40.8 Å². The molecule has 0 saturated heterocycles. The summed E-state index contributed by atoms with van der Waals surface area (Å²) in [6.07, 6.45) is 0. The Bertz CT molecular complexity index is 598. The molecule has 0 saturated carbocycles. The Kier molecular flexibility index (Phi) is 3.48. The summed E-state index contributed by atoms with van der Waals surface area (Å²) in [6.45, 7) is 7.27. The van der Waals surface area contributed by atoms with E-state index >= 15 is 0 Å². The number of hydrogen-bond donors (Lipinski definition) is 2. The van der Waals surface area contributed by atoms with Gasteiger partial charge in [0.1, 0.15) is 5.58 Å². The first-order valence-electron chi connectivity index (χ1n) is 5.67. The van der Waals surface area contributed by atoms with Crippen molar-refractivity contribution in [2.75, 3.05) is 6.54 Å². The maximum atomic E-state index is 10.8. The van der Waals surface area contributed by atoms with Crippen LogP contribution in [0.3, 0.4) is 0 Å². The lowest BCUT2D eigenvalue weighted by molar-refractivity contribution is 0.0665. The highest BCUT2D eigenvalue weighted by Crippen LogP contribution is 2.20. The number of hydrogen-bond acceptors (Lipinski definition) is 3. The third-order valence-corrected chi connectivity index (χ3v) is 2.55. The Balaban J connectivity index is 2.16. The molecule has 0 radical (unpaired) electrons. The van der Waals surface area contributed by atoms with Gasteiger partial charge in [0.25, 0.3) is 0 Å². The molecule has 4 nitrogen and oxygen atoms in total. The zero-order chi connectivity index (χ0) is 13.1. The maximum Gasteiger partial charge on any atom is 0.371 e. The van der Waals surface area contributed by atoms with E-state index in [1.165, 1.54) is 0 Å². The van der Waals surface area contributed by atoms with Crippen LogP contribution in [0.4, 0.5) is 0 Å². The van der Waals surface area contributed by atoms with Crippen LogP contribution >= 0.6 is 0 Å². The van der Waals surface area contributed by atoms with Crippen LogP contribution in [0.25, 0.3) is 11.0 Å². The molecule has 0 unspecified atom stereocenters. The van der Waals surface area contributed by atoms with Gasteiger partial charge in [0.2, 0.25) is 5.76 Å². The van der Waals surface area contributed by atoms with E-state index in [1.807, 2.05) is 19.1 Å². The highest BCUT2D eigenvalue weighted by Gasteiger charge is 2.10. The number of fused-ring (bicyclic) bond motifs is 1. The van der Waals surface area contributed by atoms with Crippen molar-refractivity contribution in [2.24, 2.45) is 0 Å². The van der Waals surface area contributed by atoms with Crippen LogP contribution in [0.5, 0.6) is 0 Å². The van der Waals surface area contributed by atoms with Crippen LogP contribution in [0, 0.1) is 0 Å². The predicted molar refractivity (Wildman–Crippen MR) is 69.7 cm³/mol. The van der Waals surface area contributed by atoms with Gasteiger partial charge >= 0.3 is 5.97 Å². The fourth-order valence-electron chi connectivity index (χ4n) is 1.73. The minimum Gasteiger partial charge on any atom is -0.475 e. The number of aromatic carboxylic acids is 1. The molecule has 0 atom stereocenters. The maximum absolute atomic E-state index is 10.8. The predicted octanol–water partition coefficient (Wildman–Crippen LogP) is 2.80. The van der Waals surface area contributed by atoms with Crippen molar-refractivity contribution in [3.05, 3.63) is 47.7 Å². The fraction of sp³-hybridized carbons (Fsp3) is 0.214. The molecule has 0 aliphatic rings. The van der Waals surface area contributed by atoms with E-state index in [4.69, 9.17) is 9.52 Å². The molecule has 1 aromatic heterocycles. The van der Waals surface area contributed by atoms with Gasteiger partial charge in [-0.15, -0.1) is 0 Å². The third-order valence-electron chi connectivity index (χ3n) is 2.55. The zero-order valence-electron chi connectivity index (χ0n) is 10.2. The minimum absolute atomic E-state index is 0.0305. The lowest BCUT2D eigenvalue weighted by atomic mass is 10.1. The lowest BCUT2D eigenvalue weighted by Crippen LogP contribution is -2.14. The summed E-state index contributed by atoms with van der Waals surface area (Å²) in [5.41, 5.74) is 2.75. The molecular weight excluding hydrogens is 230 g/mol. The van der Waals surface area contributed by atoms with E-state index < -0.39 is 5.97 Å². The molecule has 2 rings (SSSR count). The molecule has 94 valence electrons. The Labute approximate surface area is 105 Å². The second-order valence-electron chi connectivity index (χ2n) is 4.35. The van der Waals surface area contributed by atoms with Crippen LogP contribution in [-0.4, -0.2) is 17.6 Å². The highest BCUT2D eigenvalue weighted by molar-refractivity contribution is 5.91. The lowest BCUT2D eigenvalue weighted by Gasteiger charge is -2.04. The second-order valence-corrected chi connectivity index (χ2v) is 4.35. The molecular formula is C14H15NO3. The minimum atomic E-state index is -1.05. The Morgan fingerprint density at radius 1 is 1.44 bits per heavy atom. The highest BCUT2D eigenvalue weighted by atomic mass is 16.4. The van der Waals surface area contributed by atoms with Crippen molar-refractivity contribution in [1.82, 2.24) is 5.32 Å². The van der Waals surface area contributed by atoms with Crippen LogP contribution in [-0.2, 0) is 6.54 Å². The number of benzene rings is 1.